The van der Waals surface area contributed by atoms with E-state index in [1.807, 2.05) is 0 Å². The topological polar surface area (TPSA) is 142 Å². The Morgan fingerprint density at radius 1 is 1.35 bits per heavy atom. The van der Waals surface area contributed by atoms with Crippen molar-refractivity contribution >= 4 is 5.97 Å². The Balaban J connectivity index is 0. The minimum atomic E-state index is -1.36. The molecule has 1 saturated carbocycles. The summed E-state index contributed by atoms with van der Waals surface area (Å²) in [6.45, 7) is -0.896. The predicted octanol–water partition coefficient (Wildman–Crippen LogP) is -0.508. The average Bonchev–Trinajstić information content (AvgIpc) is 2.20. The van der Waals surface area contributed by atoms with Crippen molar-refractivity contribution in [1.29, 1.82) is 0 Å². The molecule has 0 aromatic heterocycles. The monoisotopic (exact) mass is 430 g/mol. The Morgan fingerprint density at radius 3 is 1.94 bits per heavy atom. The van der Waals surface area contributed by atoms with E-state index in [2.05, 4.69) is 4.84 Å². The van der Waals surface area contributed by atoms with Gasteiger partial charge in [-0.1, -0.05) is 12.8 Å². The predicted molar refractivity (Wildman–Crippen MR) is 55.0 cm³/mol. The number of hydrogen-bond acceptors (Lipinski definition) is 6. The molecule has 0 bridgehead atoms. The Labute approximate surface area is 113 Å². The molecule has 0 amide bonds. The van der Waals surface area contributed by atoms with Gasteiger partial charge in [-0.05, 0) is 12.8 Å². The molecule has 104 valence electrons. The third kappa shape index (κ3) is 11.5. The van der Waals surface area contributed by atoms with E-state index >= 15 is 0 Å². The van der Waals surface area contributed by atoms with E-state index < -0.39 is 17.7 Å². The van der Waals surface area contributed by atoms with Gasteiger partial charge in [0.2, 0.25) is 0 Å². The van der Waals surface area contributed by atoms with Crippen LogP contribution >= 0.6 is 0 Å². The van der Waals surface area contributed by atoms with E-state index in [9.17, 15) is 14.9 Å². The number of rotatable bonds is 3. The number of carboxylic acid groups (broad SMARTS) is 1. The first kappa shape index (κ1) is 18.6. The van der Waals surface area contributed by atoms with Gasteiger partial charge in [-0.3, -0.25) is 4.79 Å². The van der Waals surface area contributed by atoms with E-state index in [4.69, 9.17) is 16.6 Å². The zero-order valence-corrected chi connectivity index (χ0v) is 11.5. The first-order valence-electron chi connectivity index (χ1n) is 4.93. The summed E-state index contributed by atoms with van der Waals surface area (Å²) < 4.78 is 0. The second-order valence-electron chi connectivity index (χ2n) is 3.50. The summed E-state index contributed by atoms with van der Waals surface area (Å²) >= 11 is 0. The molecule has 5 N–H and O–H groups in total. The first-order valence-corrected chi connectivity index (χ1v) is 4.93. The van der Waals surface area contributed by atoms with E-state index in [0.29, 0.717) is 0 Å². The second-order valence-corrected chi connectivity index (χ2v) is 3.50. The fraction of sp³-hybridized carbons (Fsp3) is 0.875. The smallest absolute Gasteiger partial charge is 0.329 e. The van der Waals surface area contributed by atoms with E-state index in [1.165, 1.54) is 12.8 Å². The van der Waals surface area contributed by atoms with E-state index in [-0.39, 0.29) is 33.1 Å². The van der Waals surface area contributed by atoms with Crippen molar-refractivity contribution in [3.8, 4) is 0 Å². The van der Waals surface area contributed by atoms with Crippen molar-refractivity contribution in [2.75, 3.05) is 6.61 Å². The van der Waals surface area contributed by atoms with Crippen LogP contribution in [0.2, 0.25) is 0 Å². The zero-order chi connectivity index (χ0) is 12.6. The molecule has 17 heavy (non-hydrogen) atoms. The second kappa shape index (κ2) is 10.4. The van der Waals surface area contributed by atoms with Crippen LogP contribution in [0.5, 0.6) is 0 Å². The minimum absolute atomic E-state index is 0. The van der Waals surface area contributed by atoms with Gasteiger partial charge in [-0.15, -0.1) is 10.1 Å². The summed E-state index contributed by atoms with van der Waals surface area (Å²) in [7, 11) is 0. The normalized spacial score (nSPS) is 22.5. The molecule has 0 aromatic carbocycles. The molecule has 1 aliphatic carbocycles. The van der Waals surface area contributed by atoms with Crippen molar-refractivity contribution in [2.45, 2.75) is 37.8 Å². The molecule has 0 aromatic rings. The van der Waals surface area contributed by atoms with Crippen LogP contribution in [0.3, 0.4) is 0 Å². The van der Waals surface area contributed by atoms with Gasteiger partial charge in [0.15, 0.2) is 6.61 Å². The van der Waals surface area contributed by atoms with Crippen molar-refractivity contribution in [3.63, 3.8) is 0 Å². The largest absolute Gasteiger partial charge is 0.480 e. The van der Waals surface area contributed by atoms with Gasteiger partial charge >= 0.3 is 5.97 Å². The molecule has 0 saturated heterocycles. The number of aliphatic carboxylic acids is 1. The van der Waals surface area contributed by atoms with Crippen LogP contribution in [0.1, 0.15) is 25.7 Å². The van der Waals surface area contributed by atoms with Crippen LogP contribution in [-0.2, 0) is 30.7 Å². The standard InChI is InChI=1S/C6H14N2.C2H3NO5.Pt/c7-5-3-1-2-4-6(5)8;4-2(5)1-8-3(6)7;/h5-6H,1-4,7-8H2;1H2,(H,4,5);/t5-,6-;;/m1../s1. The van der Waals surface area contributed by atoms with Crippen molar-refractivity contribution < 1.29 is 40.9 Å². The molecule has 0 radical (unpaired) electrons. The van der Waals surface area contributed by atoms with Gasteiger partial charge < -0.3 is 21.4 Å². The van der Waals surface area contributed by atoms with Crippen LogP contribution in [0.15, 0.2) is 0 Å². The average molecular weight is 430 g/mol. The number of nitrogens with zero attached hydrogens (tertiary/aromatic N) is 1. The maximum atomic E-state index is 9.47. The molecule has 0 spiro atoms. The summed E-state index contributed by atoms with van der Waals surface area (Å²) in [5.74, 6) is -1.36. The van der Waals surface area contributed by atoms with Crippen LogP contribution < -0.4 is 11.5 Å². The summed E-state index contributed by atoms with van der Waals surface area (Å²) in [4.78, 5) is 22.1. The molecule has 0 heterocycles. The Bertz CT molecular complexity index is 217. The quantitative estimate of drug-likeness (QED) is 0.405. The zero-order valence-electron chi connectivity index (χ0n) is 9.19. The SMILES string of the molecule is N[C@@H]1CCCC[C@H]1N.O=C(O)CO[N+](=O)[O-].[Pt]. The number of nitrogens with two attached hydrogens (primary N) is 2. The van der Waals surface area contributed by atoms with Gasteiger partial charge in [0.05, 0.1) is 0 Å². The number of carboxylic acids is 1. The fourth-order valence-corrected chi connectivity index (χ4v) is 1.30. The maximum absolute atomic E-state index is 9.47. The van der Waals surface area contributed by atoms with Crippen LogP contribution in [0, 0.1) is 10.1 Å². The third-order valence-corrected chi connectivity index (χ3v) is 2.17. The van der Waals surface area contributed by atoms with Gasteiger partial charge in [0.1, 0.15) is 0 Å². The Hall–Kier alpha value is -0.722. The van der Waals surface area contributed by atoms with Crippen LogP contribution in [0.25, 0.3) is 0 Å². The Morgan fingerprint density at radius 2 is 1.76 bits per heavy atom. The molecule has 0 aliphatic heterocycles. The van der Waals surface area contributed by atoms with Gasteiger partial charge in [0.25, 0.3) is 5.09 Å². The van der Waals surface area contributed by atoms with Crippen molar-refractivity contribution in [2.24, 2.45) is 11.5 Å². The van der Waals surface area contributed by atoms with Crippen molar-refractivity contribution in [3.05, 3.63) is 10.1 Å². The van der Waals surface area contributed by atoms with Crippen LogP contribution in [0.4, 0.5) is 0 Å². The maximum Gasteiger partial charge on any atom is 0.329 e. The third-order valence-electron chi connectivity index (χ3n) is 2.17. The van der Waals surface area contributed by atoms with Gasteiger partial charge in [0, 0.05) is 33.1 Å². The van der Waals surface area contributed by atoms with Gasteiger partial charge in [-0.25, -0.2) is 0 Å². The molecule has 1 aliphatic rings. The fourth-order valence-electron chi connectivity index (χ4n) is 1.30. The molecule has 9 heteroatoms. The van der Waals surface area contributed by atoms with Gasteiger partial charge in [-0.2, -0.15) is 0 Å². The van der Waals surface area contributed by atoms with Crippen molar-refractivity contribution in [1.82, 2.24) is 0 Å². The summed E-state index contributed by atoms with van der Waals surface area (Å²) in [6.07, 6.45) is 4.80. The summed E-state index contributed by atoms with van der Waals surface area (Å²) in [5, 5.41) is 15.8. The molecular weight excluding hydrogens is 413 g/mol. The van der Waals surface area contributed by atoms with Crippen LogP contribution in [-0.4, -0.2) is 34.9 Å². The number of carbonyl (C=O) groups is 1. The molecule has 2 atom stereocenters. The summed E-state index contributed by atoms with van der Waals surface area (Å²) in [5.41, 5.74) is 11.3. The number of hydrogen-bond donors (Lipinski definition) is 3. The molecule has 0 unspecified atom stereocenters. The molecule has 8 nitrogen and oxygen atoms in total. The summed E-state index contributed by atoms with van der Waals surface area (Å²) in [6, 6.07) is 0.562. The minimum Gasteiger partial charge on any atom is -0.480 e. The molecule has 1 rings (SSSR count). The first-order chi connectivity index (χ1) is 7.43. The van der Waals surface area contributed by atoms with E-state index in [1.54, 1.807) is 0 Å². The molecular formula is C8H17N3O5Pt. The molecule has 1 fully saturated rings. The Kier molecular flexibility index (Phi) is 11.4. The van der Waals surface area contributed by atoms with E-state index in [0.717, 1.165) is 12.8 Å².